The van der Waals surface area contributed by atoms with Crippen LogP contribution in [0, 0.1) is 11.3 Å². The second-order valence-corrected chi connectivity index (χ2v) is 6.26. The molecule has 0 bridgehead atoms. The second kappa shape index (κ2) is 5.68. The molecule has 2 aliphatic rings. The minimum absolute atomic E-state index is 0.450. The zero-order chi connectivity index (χ0) is 12.3. The highest BCUT2D eigenvalue weighted by molar-refractivity contribution is 4.91. The van der Waals surface area contributed by atoms with E-state index < -0.39 is 0 Å². The molecular formula is C14H28N2O. The Kier molecular flexibility index (Phi) is 4.45. The maximum absolute atomic E-state index is 5.54. The van der Waals surface area contributed by atoms with E-state index in [-0.39, 0.29) is 0 Å². The van der Waals surface area contributed by atoms with Gasteiger partial charge in [0.25, 0.3) is 0 Å². The predicted molar refractivity (Wildman–Crippen MR) is 71.2 cm³/mol. The van der Waals surface area contributed by atoms with Gasteiger partial charge >= 0.3 is 0 Å². The maximum atomic E-state index is 5.54. The van der Waals surface area contributed by atoms with Crippen LogP contribution in [-0.2, 0) is 4.74 Å². The first-order chi connectivity index (χ1) is 8.15. The van der Waals surface area contributed by atoms with Crippen molar-refractivity contribution in [1.29, 1.82) is 0 Å². The summed E-state index contributed by atoms with van der Waals surface area (Å²) in [6, 6.07) is 0.765. The van der Waals surface area contributed by atoms with Gasteiger partial charge in [0.05, 0.1) is 0 Å². The van der Waals surface area contributed by atoms with Gasteiger partial charge in [-0.1, -0.05) is 6.92 Å². The molecule has 0 aromatic heterocycles. The van der Waals surface area contributed by atoms with E-state index in [1.165, 1.54) is 32.4 Å². The van der Waals surface area contributed by atoms with E-state index in [0.29, 0.717) is 5.41 Å². The van der Waals surface area contributed by atoms with Crippen molar-refractivity contribution in [3.05, 3.63) is 0 Å². The van der Waals surface area contributed by atoms with Crippen LogP contribution in [0.5, 0.6) is 0 Å². The summed E-state index contributed by atoms with van der Waals surface area (Å²) in [5.41, 5.74) is 0.450. The molecule has 3 heteroatoms. The zero-order valence-corrected chi connectivity index (χ0v) is 11.7. The van der Waals surface area contributed by atoms with E-state index in [1.54, 1.807) is 0 Å². The normalized spacial score (nSPS) is 34.1. The molecule has 2 fully saturated rings. The molecule has 1 N–H and O–H groups in total. The van der Waals surface area contributed by atoms with Gasteiger partial charge in [-0.05, 0) is 44.6 Å². The maximum Gasteiger partial charge on any atom is 0.0472 e. The van der Waals surface area contributed by atoms with Crippen LogP contribution in [-0.4, -0.2) is 50.8 Å². The summed E-state index contributed by atoms with van der Waals surface area (Å²) < 4.78 is 5.54. The van der Waals surface area contributed by atoms with Gasteiger partial charge in [-0.2, -0.15) is 0 Å². The lowest BCUT2D eigenvalue weighted by Gasteiger charge is -2.41. The number of ether oxygens (including phenoxy) is 1. The molecule has 0 aromatic rings. The molecule has 0 aliphatic carbocycles. The van der Waals surface area contributed by atoms with Crippen LogP contribution < -0.4 is 5.32 Å². The second-order valence-electron chi connectivity index (χ2n) is 6.26. The Morgan fingerprint density at radius 1 is 1.29 bits per heavy atom. The van der Waals surface area contributed by atoms with Crippen LogP contribution in [0.25, 0.3) is 0 Å². The molecule has 0 saturated carbocycles. The number of hydrogen-bond donors (Lipinski definition) is 1. The smallest absolute Gasteiger partial charge is 0.0472 e. The minimum atomic E-state index is 0.450. The fourth-order valence-electron chi connectivity index (χ4n) is 3.61. The molecular weight excluding hydrogens is 212 g/mol. The predicted octanol–water partition coefficient (Wildman–Crippen LogP) is 1.73. The molecule has 0 aromatic carbocycles. The van der Waals surface area contributed by atoms with Crippen molar-refractivity contribution in [2.75, 3.05) is 39.9 Å². The van der Waals surface area contributed by atoms with Gasteiger partial charge < -0.3 is 10.1 Å². The number of hydrogen-bond acceptors (Lipinski definition) is 3. The van der Waals surface area contributed by atoms with E-state index in [2.05, 4.69) is 31.1 Å². The third-order valence-corrected chi connectivity index (χ3v) is 4.56. The van der Waals surface area contributed by atoms with E-state index in [0.717, 1.165) is 31.7 Å². The fraction of sp³-hybridized carbons (Fsp3) is 1.00. The monoisotopic (exact) mass is 240 g/mol. The van der Waals surface area contributed by atoms with E-state index >= 15 is 0 Å². The fourth-order valence-corrected chi connectivity index (χ4v) is 3.61. The van der Waals surface area contributed by atoms with Crippen molar-refractivity contribution < 1.29 is 4.74 Å². The minimum Gasteiger partial charge on any atom is -0.381 e. The molecule has 2 rings (SSSR count). The molecule has 17 heavy (non-hydrogen) atoms. The van der Waals surface area contributed by atoms with Crippen molar-refractivity contribution in [1.82, 2.24) is 10.2 Å². The van der Waals surface area contributed by atoms with Gasteiger partial charge in [-0.3, -0.25) is 4.90 Å². The molecule has 0 spiro atoms. The number of rotatable bonds is 4. The largest absolute Gasteiger partial charge is 0.381 e. The van der Waals surface area contributed by atoms with Gasteiger partial charge in [0, 0.05) is 38.9 Å². The molecule has 2 unspecified atom stereocenters. The van der Waals surface area contributed by atoms with E-state index in [9.17, 15) is 0 Å². The zero-order valence-electron chi connectivity index (χ0n) is 11.7. The van der Waals surface area contributed by atoms with Gasteiger partial charge in [-0.25, -0.2) is 0 Å². The van der Waals surface area contributed by atoms with Crippen LogP contribution in [0.1, 0.15) is 33.1 Å². The molecule has 2 saturated heterocycles. The molecule has 100 valence electrons. The molecule has 3 nitrogen and oxygen atoms in total. The molecule has 0 amide bonds. The third-order valence-electron chi connectivity index (χ3n) is 4.56. The summed E-state index contributed by atoms with van der Waals surface area (Å²) in [4.78, 5) is 2.70. The first-order valence-electron chi connectivity index (χ1n) is 7.12. The highest BCUT2D eigenvalue weighted by Crippen LogP contribution is 2.34. The Hall–Kier alpha value is -0.120. The lowest BCUT2D eigenvalue weighted by Crippen LogP contribution is -2.47. The van der Waals surface area contributed by atoms with Gasteiger partial charge in [0.15, 0.2) is 0 Å². The van der Waals surface area contributed by atoms with Crippen molar-refractivity contribution in [2.45, 2.75) is 39.2 Å². The molecule has 2 heterocycles. The first-order valence-corrected chi connectivity index (χ1v) is 7.12. The summed E-state index contributed by atoms with van der Waals surface area (Å²) >= 11 is 0. The van der Waals surface area contributed by atoms with Crippen LogP contribution in [0.3, 0.4) is 0 Å². The summed E-state index contributed by atoms with van der Waals surface area (Å²) in [5.74, 6) is 0.872. The number of nitrogens with one attached hydrogen (secondary N) is 1. The summed E-state index contributed by atoms with van der Waals surface area (Å²) in [7, 11) is 2.08. The summed E-state index contributed by atoms with van der Waals surface area (Å²) in [5, 5.41) is 3.40. The third kappa shape index (κ3) is 3.21. The molecule has 0 radical (unpaired) electrons. The van der Waals surface area contributed by atoms with E-state index in [4.69, 9.17) is 4.74 Å². The van der Waals surface area contributed by atoms with Gasteiger partial charge in [-0.15, -0.1) is 0 Å². The Bertz CT molecular complexity index is 233. The van der Waals surface area contributed by atoms with Crippen molar-refractivity contribution in [3.63, 3.8) is 0 Å². The quantitative estimate of drug-likeness (QED) is 0.810. The Labute approximate surface area is 106 Å². The van der Waals surface area contributed by atoms with Crippen LogP contribution in [0.4, 0.5) is 0 Å². The standard InChI is InChI=1S/C14H28N2O/c1-12-8-13(2)16(9-12)11-14(10-15-3)4-6-17-7-5-14/h12-13,15H,4-11H2,1-3H3. The Morgan fingerprint density at radius 2 is 2.00 bits per heavy atom. The van der Waals surface area contributed by atoms with Crippen molar-refractivity contribution in [2.24, 2.45) is 11.3 Å². The molecule has 2 atom stereocenters. The van der Waals surface area contributed by atoms with Crippen molar-refractivity contribution >= 4 is 0 Å². The lowest BCUT2D eigenvalue weighted by molar-refractivity contribution is -0.00494. The summed E-state index contributed by atoms with van der Waals surface area (Å²) in [6.07, 6.45) is 3.79. The van der Waals surface area contributed by atoms with Crippen LogP contribution >= 0.6 is 0 Å². The lowest BCUT2D eigenvalue weighted by atomic mass is 9.79. The summed E-state index contributed by atoms with van der Waals surface area (Å²) in [6.45, 7) is 10.3. The van der Waals surface area contributed by atoms with Gasteiger partial charge in [0.2, 0.25) is 0 Å². The topological polar surface area (TPSA) is 24.5 Å². The SMILES string of the molecule is CNCC1(CN2CC(C)CC2C)CCOCC1. The number of likely N-dealkylation sites (tertiary alicyclic amines) is 1. The van der Waals surface area contributed by atoms with Crippen LogP contribution in [0.15, 0.2) is 0 Å². The number of nitrogens with zero attached hydrogens (tertiary/aromatic N) is 1. The molecule has 2 aliphatic heterocycles. The van der Waals surface area contributed by atoms with Crippen LogP contribution in [0.2, 0.25) is 0 Å². The average molecular weight is 240 g/mol. The highest BCUT2D eigenvalue weighted by Gasteiger charge is 2.37. The first kappa shape index (κ1) is 13.3. The van der Waals surface area contributed by atoms with Gasteiger partial charge in [0.1, 0.15) is 0 Å². The highest BCUT2D eigenvalue weighted by atomic mass is 16.5. The van der Waals surface area contributed by atoms with Crippen molar-refractivity contribution in [3.8, 4) is 0 Å². The average Bonchev–Trinajstić information content (AvgIpc) is 2.59. The Morgan fingerprint density at radius 3 is 2.53 bits per heavy atom. The Balaban J connectivity index is 1.97. The van der Waals surface area contributed by atoms with E-state index in [1.807, 2.05) is 0 Å².